The lowest BCUT2D eigenvalue weighted by molar-refractivity contribution is -0.123. The van der Waals surface area contributed by atoms with Crippen molar-refractivity contribution in [2.45, 2.75) is 32.0 Å². The van der Waals surface area contributed by atoms with Gasteiger partial charge in [0.1, 0.15) is 10.9 Å². The van der Waals surface area contributed by atoms with Crippen LogP contribution in [0.1, 0.15) is 24.0 Å². The maximum atomic E-state index is 13.2. The number of benzene rings is 1. The van der Waals surface area contributed by atoms with Crippen LogP contribution < -0.4 is 5.32 Å². The number of carbonyl (C=O) groups excluding carboxylic acids is 2. The number of hydrogen-bond acceptors (Lipinski definition) is 6. The van der Waals surface area contributed by atoms with Crippen molar-refractivity contribution in [1.82, 2.24) is 19.8 Å². The van der Waals surface area contributed by atoms with E-state index in [-0.39, 0.29) is 24.5 Å². The van der Waals surface area contributed by atoms with Gasteiger partial charge in [0.2, 0.25) is 5.91 Å². The van der Waals surface area contributed by atoms with E-state index >= 15 is 0 Å². The van der Waals surface area contributed by atoms with Gasteiger partial charge in [-0.2, -0.15) is 0 Å². The predicted octanol–water partition coefficient (Wildman–Crippen LogP) is 4.50. The summed E-state index contributed by atoms with van der Waals surface area (Å²) in [6.45, 7) is 1.85. The molecule has 0 spiro atoms. The third kappa shape index (κ3) is 5.50. The van der Waals surface area contributed by atoms with Gasteiger partial charge in [-0.05, 0) is 48.7 Å². The molecule has 2 aromatic heterocycles. The number of ether oxygens (including phenoxy) is 1. The van der Waals surface area contributed by atoms with Gasteiger partial charge in [0, 0.05) is 52.7 Å². The molecule has 10 heteroatoms. The van der Waals surface area contributed by atoms with E-state index in [2.05, 4.69) is 26.2 Å². The first-order valence-electron chi connectivity index (χ1n) is 11.3. The number of fused-ring (bicyclic) bond motifs is 1. The molecule has 2 amide bonds. The van der Waals surface area contributed by atoms with E-state index in [1.807, 2.05) is 47.2 Å². The highest BCUT2D eigenvalue weighted by Gasteiger charge is 2.32. The van der Waals surface area contributed by atoms with E-state index in [4.69, 9.17) is 17.0 Å². The molecule has 1 aromatic carbocycles. The summed E-state index contributed by atoms with van der Waals surface area (Å²) in [4.78, 5) is 32.1. The Bertz CT molecular complexity index is 1320. The monoisotopic (exact) mass is 570 g/mol. The lowest BCUT2D eigenvalue weighted by Gasteiger charge is -2.13. The van der Waals surface area contributed by atoms with Gasteiger partial charge in [-0.15, -0.1) is 0 Å². The quantitative estimate of drug-likeness (QED) is 0.333. The molecule has 3 aromatic rings. The third-order valence-corrected chi connectivity index (χ3v) is 7.83. The number of amides is 2. The first-order chi connectivity index (χ1) is 17.0. The molecule has 4 heterocycles. The number of hydrogen-bond donors (Lipinski definition) is 1. The van der Waals surface area contributed by atoms with E-state index in [0.717, 1.165) is 46.0 Å². The van der Waals surface area contributed by atoms with Crippen molar-refractivity contribution >= 4 is 73.0 Å². The number of halogens is 1. The summed E-state index contributed by atoms with van der Waals surface area (Å²) in [6, 6.07) is 9.67. The molecule has 7 nitrogen and oxygen atoms in total. The second kappa shape index (κ2) is 10.6. The zero-order valence-corrected chi connectivity index (χ0v) is 22.0. The van der Waals surface area contributed by atoms with Gasteiger partial charge in [-0.3, -0.25) is 19.5 Å². The minimum Gasteiger partial charge on any atom is -0.376 e. The largest absolute Gasteiger partial charge is 0.376 e. The summed E-state index contributed by atoms with van der Waals surface area (Å²) in [5.74, 6) is -0.205. The lowest BCUT2D eigenvalue weighted by Crippen LogP contribution is -2.34. The summed E-state index contributed by atoms with van der Waals surface area (Å²) >= 11 is 10.3. The molecule has 5 rings (SSSR count). The summed E-state index contributed by atoms with van der Waals surface area (Å²) in [5, 5.41) is 3.92. The molecule has 0 aliphatic carbocycles. The minimum atomic E-state index is -0.131. The Labute approximate surface area is 221 Å². The fourth-order valence-corrected chi connectivity index (χ4v) is 5.85. The van der Waals surface area contributed by atoms with Crippen LogP contribution in [0.3, 0.4) is 0 Å². The normalized spacial score (nSPS) is 19.3. The van der Waals surface area contributed by atoms with E-state index in [9.17, 15) is 9.59 Å². The average Bonchev–Trinajstić information content (AvgIpc) is 3.55. The Morgan fingerprint density at radius 3 is 3.03 bits per heavy atom. The predicted molar refractivity (Wildman–Crippen MR) is 145 cm³/mol. The highest BCUT2D eigenvalue weighted by Crippen LogP contribution is 2.35. The maximum absolute atomic E-state index is 13.2. The van der Waals surface area contributed by atoms with Crippen LogP contribution in [-0.4, -0.2) is 49.8 Å². The van der Waals surface area contributed by atoms with Gasteiger partial charge in [0.15, 0.2) is 0 Å². The van der Waals surface area contributed by atoms with Crippen molar-refractivity contribution in [3.63, 3.8) is 0 Å². The lowest BCUT2D eigenvalue weighted by atomic mass is 10.1. The average molecular weight is 572 g/mol. The van der Waals surface area contributed by atoms with E-state index in [1.54, 1.807) is 17.3 Å². The second-order valence-corrected chi connectivity index (χ2v) is 11.0. The van der Waals surface area contributed by atoms with Crippen LogP contribution in [0.15, 0.2) is 58.3 Å². The van der Waals surface area contributed by atoms with Crippen LogP contribution in [0.5, 0.6) is 0 Å². The number of thioether (sulfide) groups is 1. The van der Waals surface area contributed by atoms with Crippen molar-refractivity contribution in [1.29, 1.82) is 0 Å². The Balaban J connectivity index is 1.38. The number of nitrogens with one attached hydrogen (secondary N) is 1. The SMILES string of the molecule is O=C(Cn1cc(/C=C2\SC(=S)N(Cc3cccnc3)C2=O)c2cc(Br)ccc21)NC[C@H]1CCCO1. The summed E-state index contributed by atoms with van der Waals surface area (Å²) in [6.07, 6.45) is 9.32. The molecule has 2 saturated heterocycles. The highest BCUT2D eigenvalue weighted by molar-refractivity contribution is 9.10. The van der Waals surface area contributed by atoms with Crippen LogP contribution in [0.4, 0.5) is 0 Å². The number of aromatic nitrogens is 2. The smallest absolute Gasteiger partial charge is 0.266 e. The third-order valence-electron chi connectivity index (χ3n) is 5.96. The van der Waals surface area contributed by atoms with Crippen LogP contribution in [0.25, 0.3) is 17.0 Å². The molecule has 1 N–H and O–H groups in total. The molecule has 0 radical (unpaired) electrons. The standard InChI is InChI=1S/C25H23BrN4O3S2/c26-18-5-6-21-20(10-18)17(14-29(21)15-23(31)28-12-19-4-2-8-33-19)9-22-24(32)30(25(34)35-22)13-16-3-1-7-27-11-16/h1,3,5-7,9-11,14,19H,2,4,8,12-13,15H2,(H,28,31)/b22-9-/t19-/m1/s1. The minimum absolute atomic E-state index is 0.0744. The van der Waals surface area contributed by atoms with Crippen LogP contribution >= 0.6 is 39.9 Å². The summed E-state index contributed by atoms with van der Waals surface area (Å²) in [7, 11) is 0. The molecule has 0 bridgehead atoms. The maximum Gasteiger partial charge on any atom is 0.266 e. The van der Waals surface area contributed by atoms with Gasteiger partial charge in [-0.1, -0.05) is 46.0 Å². The number of pyridine rings is 1. The first kappa shape index (κ1) is 24.2. The zero-order valence-electron chi connectivity index (χ0n) is 18.8. The summed E-state index contributed by atoms with van der Waals surface area (Å²) < 4.78 is 8.94. The Hall–Kier alpha value is -2.53. The molecule has 35 heavy (non-hydrogen) atoms. The number of rotatable bonds is 7. The number of thiocarbonyl (C=S) groups is 1. The van der Waals surface area contributed by atoms with Gasteiger partial charge < -0.3 is 14.6 Å². The van der Waals surface area contributed by atoms with Crippen LogP contribution in [-0.2, 0) is 27.4 Å². The second-order valence-electron chi connectivity index (χ2n) is 8.44. The van der Waals surface area contributed by atoms with Crippen molar-refractivity contribution in [2.24, 2.45) is 0 Å². The molecule has 1 atom stereocenters. The molecule has 2 aliphatic heterocycles. The Kier molecular flexibility index (Phi) is 7.33. The van der Waals surface area contributed by atoms with E-state index in [1.165, 1.54) is 11.8 Å². The molecule has 0 saturated carbocycles. The molecular weight excluding hydrogens is 548 g/mol. The Morgan fingerprint density at radius 2 is 2.26 bits per heavy atom. The first-order valence-corrected chi connectivity index (χ1v) is 13.3. The molecule has 0 unspecified atom stereocenters. The topological polar surface area (TPSA) is 76.5 Å². The fraction of sp³-hybridized carbons (Fsp3) is 0.280. The number of carbonyl (C=O) groups is 2. The van der Waals surface area contributed by atoms with Crippen molar-refractivity contribution < 1.29 is 14.3 Å². The van der Waals surface area contributed by atoms with E-state index in [0.29, 0.717) is 22.3 Å². The fourth-order valence-electron chi connectivity index (χ4n) is 4.24. The summed E-state index contributed by atoms with van der Waals surface area (Å²) in [5.41, 5.74) is 2.69. The Morgan fingerprint density at radius 1 is 1.37 bits per heavy atom. The molecule has 2 fully saturated rings. The molecule has 180 valence electrons. The van der Waals surface area contributed by atoms with Crippen molar-refractivity contribution in [2.75, 3.05) is 13.2 Å². The highest BCUT2D eigenvalue weighted by atomic mass is 79.9. The van der Waals surface area contributed by atoms with Gasteiger partial charge >= 0.3 is 0 Å². The zero-order chi connectivity index (χ0) is 24.4. The van der Waals surface area contributed by atoms with Crippen molar-refractivity contribution in [3.8, 4) is 0 Å². The van der Waals surface area contributed by atoms with Gasteiger partial charge in [0.25, 0.3) is 5.91 Å². The van der Waals surface area contributed by atoms with E-state index < -0.39 is 0 Å². The molecular formula is C25H23BrN4O3S2. The van der Waals surface area contributed by atoms with Gasteiger partial charge in [-0.25, -0.2) is 0 Å². The van der Waals surface area contributed by atoms with Crippen molar-refractivity contribution in [3.05, 3.63) is 69.4 Å². The van der Waals surface area contributed by atoms with Crippen LogP contribution in [0, 0.1) is 0 Å². The molecule has 2 aliphatic rings. The number of nitrogens with zero attached hydrogens (tertiary/aromatic N) is 3. The van der Waals surface area contributed by atoms with Gasteiger partial charge in [0.05, 0.1) is 17.6 Å². The van der Waals surface area contributed by atoms with Crippen LogP contribution in [0.2, 0.25) is 0 Å².